The molecule has 2 heterocycles. The number of benzene rings is 1. The van der Waals surface area contributed by atoms with Crippen molar-refractivity contribution in [3.63, 3.8) is 0 Å². The van der Waals surface area contributed by atoms with E-state index in [-0.39, 0.29) is 17.0 Å². The molecule has 1 N–H and O–H groups in total. The molecule has 1 amide bonds. The summed E-state index contributed by atoms with van der Waals surface area (Å²) in [6.07, 6.45) is 1.61. The molecule has 146 valence electrons. The molecule has 1 atom stereocenters. The van der Waals surface area contributed by atoms with Gasteiger partial charge in [-0.1, -0.05) is 13.8 Å². The summed E-state index contributed by atoms with van der Waals surface area (Å²) >= 11 is 0. The monoisotopic (exact) mass is 382 g/mol. The van der Waals surface area contributed by atoms with Gasteiger partial charge >= 0.3 is 5.97 Å². The topological polar surface area (TPSA) is 114 Å². The summed E-state index contributed by atoms with van der Waals surface area (Å²) in [6.45, 7) is 5.41. The van der Waals surface area contributed by atoms with Crippen LogP contribution in [0.3, 0.4) is 0 Å². The first-order chi connectivity index (χ1) is 13.2. The quantitative estimate of drug-likeness (QED) is 0.785. The second kappa shape index (κ2) is 7.43. The summed E-state index contributed by atoms with van der Waals surface area (Å²) in [5.74, 6) is -0.639. The molecular weight excluding hydrogens is 360 g/mol. The Morgan fingerprint density at radius 3 is 2.86 bits per heavy atom. The number of aryl methyl sites for hydroxylation is 1. The third-order valence-electron chi connectivity index (χ3n) is 5.17. The second-order valence-corrected chi connectivity index (χ2v) is 7.41. The van der Waals surface area contributed by atoms with Gasteiger partial charge < -0.3 is 10.1 Å². The maximum Gasteiger partial charge on any atom is 0.338 e. The molecule has 0 aliphatic carbocycles. The van der Waals surface area contributed by atoms with E-state index in [1.165, 1.54) is 12.1 Å². The van der Waals surface area contributed by atoms with Crippen LogP contribution in [-0.4, -0.2) is 33.6 Å². The molecular formula is C20H22N4O4. The third-order valence-corrected chi connectivity index (χ3v) is 5.17. The summed E-state index contributed by atoms with van der Waals surface area (Å²) in [5, 5.41) is 12.3. The van der Waals surface area contributed by atoms with Crippen LogP contribution in [0.4, 0.5) is 0 Å². The minimum Gasteiger partial charge on any atom is -0.452 e. The summed E-state index contributed by atoms with van der Waals surface area (Å²) in [6, 6.07) is 6.61. The van der Waals surface area contributed by atoms with Crippen LogP contribution in [-0.2, 0) is 22.5 Å². The smallest absolute Gasteiger partial charge is 0.338 e. The van der Waals surface area contributed by atoms with Crippen molar-refractivity contribution in [2.45, 2.75) is 45.7 Å². The highest BCUT2D eigenvalue weighted by atomic mass is 16.5. The van der Waals surface area contributed by atoms with E-state index in [1.807, 2.05) is 13.8 Å². The first-order valence-corrected chi connectivity index (χ1v) is 9.18. The van der Waals surface area contributed by atoms with Gasteiger partial charge in [0, 0.05) is 13.0 Å². The van der Waals surface area contributed by atoms with Crippen molar-refractivity contribution in [3.05, 3.63) is 39.9 Å². The summed E-state index contributed by atoms with van der Waals surface area (Å²) in [4.78, 5) is 41.3. The fourth-order valence-electron chi connectivity index (χ4n) is 3.05. The molecule has 8 heteroatoms. The van der Waals surface area contributed by atoms with Gasteiger partial charge in [0.1, 0.15) is 11.4 Å². The molecule has 0 saturated carbocycles. The minimum absolute atomic E-state index is 0.107. The molecule has 0 unspecified atom stereocenters. The number of amides is 1. The molecule has 0 bridgehead atoms. The lowest BCUT2D eigenvalue weighted by Crippen LogP contribution is -2.50. The average Bonchev–Trinajstić information content (AvgIpc) is 3.14. The van der Waals surface area contributed by atoms with Crippen molar-refractivity contribution in [2.24, 2.45) is 5.92 Å². The summed E-state index contributed by atoms with van der Waals surface area (Å²) in [5.41, 5.74) is -0.504. The van der Waals surface area contributed by atoms with Gasteiger partial charge in [0.2, 0.25) is 0 Å². The number of carbonyl (C=O) groups is 2. The molecule has 8 nitrogen and oxygen atoms in total. The maximum atomic E-state index is 12.5. The van der Waals surface area contributed by atoms with E-state index in [4.69, 9.17) is 4.74 Å². The number of fused-ring (bicyclic) bond motifs is 2. The van der Waals surface area contributed by atoms with E-state index < -0.39 is 24.0 Å². The third kappa shape index (κ3) is 3.60. The van der Waals surface area contributed by atoms with Gasteiger partial charge in [-0.2, -0.15) is 5.26 Å². The van der Waals surface area contributed by atoms with Gasteiger partial charge in [0.15, 0.2) is 6.61 Å². The zero-order chi connectivity index (χ0) is 20.5. The minimum atomic E-state index is -1.04. The Hall–Kier alpha value is -3.21. The fraction of sp³-hybridized carbons (Fsp3) is 0.450. The number of esters is 1. The van der Waals surface area contributed by atoms with Crippen LogP contribution in [0.15, 0.2) is 23.0 Å². The highest BCUT2D eigenvalue weighted by Gasteiger charge is 2.30. The Labute approximate surface area is 162 Å². The molecule has 0 saturated heterocycles. The number of nitriles is 1. The van der Waals surface area contributed by atoms with E-state index in [0.717, 1.165) is 12.8 Å². The van der Waals surface area contributed by atoms with E-state index in [1.54, 1.807) is 17.6 Å². The van der Waals surface area contributed by atoms with E-state index >= 15 is 0 Å². The lowest BCUT2D eigenvalue weighted by atomic mass is 9.90. The largest absolute Gasteiger partial charge is 0.452 e. The lowest BCUT2D eigenvalue weighted by molar-refractivity contribution is -0.125. The first kappa shape index (κ1) is 19.5. The van der Waals surface area contributed by atoms with Crippen LogP contribution in [0, 0.1) is 17.2 Å². The lowest BCUT2D eigenvalue weighted by Gasteiger charge is -2.27. The molecule has 1 aromatic heterocycles. The number of hydrogen-bond donors (Lipinski definition) is 1. The Kier molecular flexibility index (Phi) is 5.18. The van der Waals surface area contributed by atoms with Crippen molar-refractivity contribution >= 4 is 22.8 Å². The number of hydrogen-bond acceptors (Lipinski definition) is 6. The summed E-state index contributed by atoms with van der Waals surface area (Å²) < 4.78 is 6.72. The molecule has 2 aromatic rings. The van der Waals surface area contributed by atoms with Crippen LogP contribution in [0.2, 0.25) is 0 Å². The number of nitrogens with one attached hydrogen (secondary N) is 1. The van der Waals surface area contributed by atoms with Crippen LogP contribution >= 0.6 is 0 Å². The predicted octanol–water partition coefficient (Wildman–Crippen LogP) is 1.55. The standard InChI is InChI=1S/C20H22N4O4/c1-12(2)20(3,11-21)23-17(25)10-28-19(27)13-6-7-14-15(9-13)22-16-5-4-8-24(16)18(14)26/h6-7,9,12H,4-5,8,10H2,1-3H3,(H,23,25)/t20-/m1/s1. The number of carbonyl (C=O) groups excluding carboxylic acids is 2. The molecule has 28 heavy (non-hydrogen) atoms. The molecule has 3 rings (SSSR count). The SMILES string of the molecule is CC(C)[C@@](C)(C#N)NC(=O)COC(=O)c1ccc2c(=O)n3c(nc2c1)CCC3. The van der Waals surface area contributed by atoms with E-state index in [2.05, 4.69) is 16.4 Å². The predicted molar refractivity (Wildman–Crippen MR) is 102 cm³/mol. The average molecular weight is 382 g/mol. The molecule has 0 spiro atoms. The number of ether oxygens (including phenoxy) is 1. The number of aromatic nitrogens is 2. The zero-order valence-electron chi connectivity index (χ0n) is 16.1. The molecule has 1 aliphatic heterocycles. The van der Waals surface area contributed by atoms with Gasteiger partial charge in [0.05, 0.1) is 22.5 Å². The van der Waals surface area contributed by atoms with Gasteiger partial charge in [0.25, 0.3) is 11.5 Å². The van der Waals surface area contributed by atoms with Crippen molar-refractivity contribution in [1.82, 2.24) is 14.9 Å². The van der Waals surface area contributed by atoms with E-state index in [0.29, 0.717) is 23.3 Å². The molecule has 1 aromatic carbocycles. The zero-order valence-corrected chi connectivity index (χ0v) is 16.1. The van der Waals surface area contributed by atoms with Gasteiger partial charge in [-0.15, -0.1) is 0 Å². The number of nitrogens with zero attached hydrogens (tertiary/aromatic N) is 3. The van der Waals surface area contributed by atoms with Crippen LogP contribution in [0.5, 0.6) is 0 Å². The normalized spacial score (nSPS) is 15.0. The highest BCUT2D eigenvalue weighted by molar-refractivity contribution is 5.95. The fourth-order valence-corrected chi connectivity index (χ4v) is 3.05. The van der Waals surface area contributed by atoms with Gasteiger partial charge in [-0.3, -0.25) is 14.2 Å². The van der Waals surface area contributed by atoms with Gasteiger partial charge in [-0.05, 0) is 37.5 Å². The van der Waals surface area contributed by atoms with Gasteiger partial charge in [-0.25, -0.2) is 9.78 Å². The Balaban J connectivity index is 1.72. The first-order valence-electron chi connectivity index (χ1n) is 9.18. The Morgan fingerprint density at radius 1 is 1.43 bits per heavy atom. The van der Waals surface area contributed by atoms with Crippen molar-refractivity contribution in [3.8, 4) is 6.07 Å². The van der Waals surface area contributed by atoms with Crippen LogP contribution in [0.1, 0.15) is 43.4 Å². The summed E-state index contributed by atoms with van der Waals surface area (Å²) in [7, 11) is 0. The van der Waals surface area contributed by atoms with Crippen LogP contribution in [0.25, 0.3) is 10.9 Å². The molecule has 1 aliphatic rings. The maximum absolute atomic E-state index is 12.5. The number of rotatable bonds is 5. The van der Waals surface area contributed by atoms with Crippen molar-refractivity contribution in [1.29, 1.82) is 5.26 Å². The van der Waals surface area contributed by atoms with Crippen LogP contribution < -0.4 is 10.9 Å². The highest BCUT2D eigenvalue weighted by Crippen LogP contribution is 2.17. The Bertz CT molecular complexity index is 1050. The Morgan fingerprint density at radius 2 is 2.18 bits per heavy atom. The van der Waals surface area contributed by atoms with E-state index in [9.17, 15) is 19.6 Å². The molecule has 0 radical (unpaired) electrons. The molecule has 0 fully saturated rings. The van der Waals surface area contributed by atoms with Crippen molar-refractivity contribution in [2.75, 3.05) is 6.61 Å². The van der Waals surface area contributed by atoms with Crippen molar-refractivity contribution < 1.29 is 14.3 Å². The second-order valence-electron chi connectivity index (χ2n) is 7.41.